The molecule has 4 nitrogen and oxygen atoms in total. The lowest BCUT2D eigenvalue weighted by Crippen LogP contribution is -2.22. The Hall–Kier alpha value is -0.880. The summed E-state index contributed by atoms with van der Waals surface area (Å²) in [7, 11) is -3.22. The van der Waals surface area contributed by atoms with Crippen molar-refractivity contribution in [3.63, 3.8) is 0 Å². The van der Waals surface area contributed by atoms with Gasteiger partial charge in [-0.3, -0.25) is 4.79 Å². The Bertz CT molecular complexity index is 534. The van der Waals surface area contributed by atoms with Gasteiger partial charge in [0.15, 0.2) is 9.84 Å². The summed E-state index contributed by atoms with van der Waals surface area (Å²) >= 11 is 3.28. The van der Waals surface area contributed by atoms with Gasteiger partial charge in [0, 0.05) is 4.47 Å². The topological polar surface area (TPSA) is 71.4 Å². The third-order valence-corrected chi connectivity index (χ3v) is 5.75. The van der Waals surface area contributed by atoms with Crippen molar-refractivity contribution in [2.75, 3.05) is 5.75 Å². The summed E-state index contributed by atoms with van der Waals surface area (Å²) in [6, 6.07) is 6.90. The summed E-state index contributed by atoms with van der Waals surface area (Å²) in [5.41, 5.74) is 0.620. The Balaban J connectivity index is 2.86. The van der Waals surface area contributed by atoms with Crippen molar-refractivity contribution in [3.8, 4) is 0 Å². The molecule has 0 heterocycles. The molecule has 0 bridgehead atoms. The molecule has 106 valence electrons. The van der Waals surface area contributed by atoms with E-state index in [-0.39, 0.29) is 12.2 Å². The van der Waals surface area contributed by atoms with Crippen LogP contribution in [-0.2, 0) is 14.6 Å². The molecule has 1 unspecified atom stereocenters. The van der Waals surface area contributed by atoms with E-state index in [0.29, 0.717) is 5.56 Å². The Morgan fingerprint density at radius 2 is 1.79 bits per heavy atom. The number of carboxylic acid groups (broad SMARTS) is 1. The van der Waals surface area contributed by atoms with Crippen LogP contribution in [0.15, 0.2) is 28.7 Å². The van der Waals surface area contributed by atoms with E-state index < -0.39 is 27.0 Å². The van der Waals surface area contributed by atoms with Gasteiger partial charge in [-0.25, -0.2) is 8.42 Å². The van der Waals surface area contributed by atoms with Crippen LogP contribution in [0.5, 0.6) is 0 Å². The van der Waals surface area contributed by atoms with Crippen molar-refractivity contribution in [1.82, 2.24) is 0 Å². The molecule has 19 heavy (non-hydrogen) atoms. The van der Waals surface area contributed by atoms with Crippen molar-refractivity contribution in [1.29, 1.82) is 0 Å². The number of halogens is 1. The van der Waals surface area contributed by atoms with Gasteiger partial charge in [0.2, 0.25) is 0 Å². The Labute approximate surface area is 121 Å². The minimum absolute atomic E-state index is 0.0947. The largest absolute Gasteiger partial charge is 0.481 e. The number of hydrogen-bond donors (Lipinski definition) is 1. The van der Waals surface area contributed by atoms with E-state index in [1.807, 2.05) is 0 Å². The number of sulfone groups is 1. The van der Waals surface area contributed by atoms with Gasteiger partial charge < -0.3 is 5.11 Å². The lowest BCUT2D eigenvalue weighted by Gasteiger charge is -2.14. The van der Waals surface area contributed by atoms with Crippen molar-refractivity contribution in [2.24, 2.45) is 0 Å². The number of hydrogen-bond acceptors (Lipinski definition) is 3. The zero-order valence-electron chi connectivity index (χ0n) is 10.8. The van der Waals surface area contributed by atoms with Crippen LogP contribution < -0.4 is 0 Å². The minimum Gasteiger partial charge on any atom is -0.481 e. The number of benzene rings is 1. The van der Waals surface area contributed by atoms with Gasteiger partial charge in [-0.15, -0.1) is 0 Å². The molecular formula is C13H17BrO4S. The molecule has 1 aromatic rings. The molecule has 1 rings (SSSR count). The maximum atomic E-state index is 11.7. The van der Waals surface area contributed by atoms with Crippen LogP contribution >= 0.6 is 15.9 Å². The summed E-state index contributed by atoms with van der Waals surface area (Å²) in [6.07, 6.45) is 0.0947. The molecule has 1 atom stereocenters. The third kappa shape index (κ3) is 4.62. The van der Waals surface area contributed by atoms with Crippen LogP contribution in [-0.4, -0.2) is 30.5 Å². The van der Waals surface area contributed by atoms with Gasteiger partial charge in [0.1, 0.15) is 0 Å². The lowest BCUT2D eigenvalue weighted by molar-refractivity contribution is -0.138. The van der Waals surface area contributed by atoms with E-state index in [9.17, 15) is 18.3 Å². The maximum Gasteiger partial charge on any atom is 0.311 e. The van der Waals surface area contributed by atoms with Crippen molar-refractivity contribution in [3.05, 3.63) is 34.3 Å². The highest BCUT2D eigenvalue weighted by molar-refractivity contribution is 9.10. The number of carboxylic acids is 1. The first kappa shape index (κ1) is 16.2. The second-order valence-electron chi connectivity index (χ2n) is 4.65. The van der Waals surface area contributed by atoms with E-state index in [1.165, 1.54) is 0 Å². The number of carbonyl (C=O) groups is 1. The van der Waals surface area contributed by atoms with Crippen LogP contribution in [0.3, 0.4) is 0 Å². The molecule has 0 aliphatic rings. The quantitative estimate of drug-likeness (QED) is 0.857. The van der Waals surface area contributed by atoms with Gasteiger partial charge >= 0.3 is 5.97 Å². The zero-order valence-corrected chi connectivity index (χ0v) is 13.2. The van der Waals surface area contributed by atoms with Crippen molar-refractivity contribution < 1.29 is 18.3 Å². The van der Waals surface area contributed by atoms with Crippen molar-refractivity contribution >= 4 is 31.7 Å². The second kappa shape index (κ2) is 6.52. The monoisotopic (exact) mass is 348 g/mol. The molecule has 1 aromatic carbocycles. The van der Waals surface area contributed by atoms with Gasteiger partial charge in [-0.1, -0.05) is 28.1 Å². The molecule has 0 aliphatic heterocycles. The summed E-state index contributed by atoms with van der Waals surface area (Å²) in [6.45, 7) is 3.20. The smallest absolute Gasteiger partial charge is 0.311 e. The second-order valence-corrected chi connectivity index (χ2v) is 8.24. The molecule has 6 heteroatoms. The van der Waals surface area contributed by atoms with Gasteiger partial charge in [-0.2, -0.15) is 0 Å². The predicted octanol–water partition coefficient (Wildman–Crippen LogP) is 2.83. The van der Waals surface area contributed by atoms with E-state index in [2.05, 4.69) is 15.9 Å². The van der Waals surface area contributed by atoms with E-state index in [1.54, 1.807) is 38.1 Å². The molecule has 0 aromatic heterocycles. The molecule has 0 amide bonds. The maximum absolute atomic E-state index is 11.7. The molecule has 0 saturated heterocycles. The highest BCUT2D eigenvalue weighted by atomic mass is 79.9. The van der Waals surface area contributed by atoms with Crippen LogP contribution in [0.1, 0.15) is 31.7 Å². The standard InChI is InChI=1S/C13H17BrO4S/c1-9(2)19(17,18)8-7-12(13(15)16)10-3-5-11(14)6-4-10/h3-6,9,12H,7-8H2,1-2H3,(H,15,16). The van der Waals surface area contributed by atoms with Crippen LogP contribution in [0, 0.1) is 0 Å². The summed E-state index contributed by atoms with van der Waals surface area (Å²) < 4.78 is 24.3. The highest BCUT2D eigenvalue weighted by Crippen LogP contribution is 2.23. The first-order valence-electron chi connectivity index (χ1n) is 5.94. The van der Waals surface area contributed by atoms with Crippen LogP contribution in [0.2, 0.25) is 0 Å². The SMILES string of the molecule is CC(C)S(=O)(=O)CCC(C(=O)O)c1ccc(Br)cc1. The Morgan fingerprint density at radius 3 is 2.21 bits per heavy atom. The Morgan fingerprint density at radius 1 is 1.26 bits per heavy atom. The van der Waals surface area contributed by atoms with E-state index in [0.717, 1.165) is 4.47 Å². The average molecular weight is 349 g/mol. The molecule has 0 saturated carbocycles. The fraction of sp³-hybridized carbons (Fsp3) is 0.462. The lowest BCUT2D eigenvalue weighted by atomic mass is 9.97. The first-order chi connectivity index (χ1) is 8.74. The van der Waals surface area contributed by atoms with Crippen molar-refractivity contribution in [2.45, 2.75) is 31.4 Å². The minimum atomic E-state index is -3.22. The fourth-order valence-corrected chi connectivity index (χ4v) is 2.95. The molecule has 0 spiro atoms. The fourth-order valence-electron chi connectivity index (χ4n) is 1.65. The summed E-state index contributed by atoms with van der Waals surface area (Å²) in [4.78, 5) is 11.3. The molecule has 0 fully saturated rings. The van der Waals surface area contributed by atoms with Gasteiger partial charge in [0.05, 0.1) is 16.9 Å². The summed E-state index contributed by atoms with van der Waals surface area (Å²) in [5.74, 6) is -1.90. The molecule has 0 aliphatic carbocycles. The average Bonchev–Trinajstić information content (AvgIpc) is 2.31. The number of aliphatic carboxylic acids is 1. The molecule has 0 radical (unpaired) electrons. The zero-order chi connectivity index (χ0) is 14.6. The number of rotatable bonds is 6. The first-order valence-corrected chi connectivity index (χ1v) is 8.44. The van der Waals surface area contributed by atoms with E-state index >= 15 is 0 Å². The summed E-state index contributed by atoms with van der Waals surface area (Å²) in [5, 5.41) is 8.75. The Kier molecular flexibility index (Phi) is 5.55. The normalized spacial score (nSPS) is 13.5. The van der Waals surface area contributed by atoms with E-state index in [4.69, 9.17) is 0 Å². The van der Waals surface area contributed by atoms with Crippen LogP contribution in [0.25, 0.3) is 0 Å². The molecule has 1 N–H and O–H groups in total. The highest BCUT2D eigenvalue weighted by Gasteiger charge is 2.24. The van der Waals surface area contributed by atoms with Crippen LogP contribution in [0.4, 0.5) is 0 Å². The third-order valence-electron chi connectivity index (χ3n) is 2.98. The predicted molar refractivity (Wildman–Crippen MR) is 78.1 cm³/mol. The molecular weight excluding hydrogens is 332 g/mol. The van der Waals surface area contributed by atoms with Gasteiger partial charge in [-0.05, 0) is 38.0 Å². The van der Waals surface area contributed by atoms with Gasteiger partial charge in [0.25, 0.3) is 0 Å².